The van der Waals surface area contributed by atoms with Crippen LogP contribution in [0.15, 0.2) is 42.5 Å². The predicted molar refractivity (Wildman–Crippen MR) is 156 cm³/mol. The minimum Gasteiger partial charge on any atom is -0.391 e. The second kappa shape index (κ2) is 13.1. The monoisotopic (exact) mass is 578 g/mol. The van der Waals surface area contributed by atoms with Crippen molar-refractivity contribution in [3.05, 3.63) is 53.3 Å². The van der Waals surface area contributed by atoms with Gasteiger partial charge in [-0.05, 0) is 64.2 Å². The van der Waals surface area contributed by atoms with E-state index < -0.39 is 35.0 Å². The molecule has 1 aromatic carbocycles. The molecule has 0 saturated carbocycles. The minimum atomic E-state index is -0.971. The molecule has 3 unspecified atom stereocenters. The number of piperazine rings is 1. The number of benzene rings is 1. The molecule has 3 rings (SSSR count). The van der Waals surface area contributed by atoms with Crippen molar-refractivity contribution in [3.8, 4) is 0 Å². The number of carbonyl (C=O) groups excluding carboxylic acids is 2. The van der Waals surface area contributed by atoms with E-state index in [0.717, 1.165) is 0 Å². The van der Waals surface area contributed by atoms with Crippen LogP contribution in [0.5, 0.6) is 0 Å². The summed E-state index contributed by atoms with van der Waals surface area (Å²) in [7, 11) is 0. The maximum absolute atomic E-state index is 13.9. The maximum Gasteiger partial charge on any atom is 0.241 e. The van der Waals surface area contributed by atoms with Gasteiger partial charge in [0.15, 0.2) is 0 Å². The SMILES string of the molecule is CC[C@H](C[C@H](O)[C@@H](N)CN1CC(=O)N(c2cc(F)ccc2Cl)CC1(C)C)C(=O)NC1/C=C/C(C)CC(C)(O)/C=C/1. The third-order valence-corrected chi connectivity index (χ3v) is 8.22. The number of nitrogens with two attached hydrogens (primary N) is 1. The van der Waals surface area contributed by atoms with E-state index in [0.29, 0.717) is 23.6 Å². The van der Waals surface area contributed by atoms with Gasteiger partial charge in [-0.25, -0.2) is 4.39 Å². The number of rotatable bonds is 9. The first-order chi connectivity index (χ1) is 18.6. The number of aliphatic hydroxyl groups excluding tert-OH is 1. The molecule has 40 heavy (non-hydrogen) atoms. The number of amides is 2. The van der Waals surface area contributed by atoms with Gasteiger partial charge in [0.1, 0.15) is 5.82 Å². The number of hydrogen-bond acceptors (Lipinski definition) is 6. The van der Waals surface area contributed by atoms with Crippen molar-refractivity contribution in [1.29, 1.82) is 0 Å². The van der Waals surface area contributed by atoms with Crippen LogP contribution in [0.25, 0.3) is 0 Å². The first-order valence-electron chi connectivity index (χ1n) is 14.0. The van der Waals surface area contributed by atoms with Crippen LogP contribution in [0.3, 0.4) is 0 Å². The number of carbonyl (C=O) groups is 2. The van der Waals surface area contributed by atoms with E-state index in [2.05, 4.69) is 5.32 Å². The van der Waals surface area contributed by atoms with Gasteiger partial charge < -0.3 is 26.2 Å². The van der Waals surface area contributed by atoms with E-state index in [9.17, 15) is 24.2 Å². The molecule has 5 N–H and O–H groups in total. The molecule has 0 radical (unpaired) electrons. The number of anilines is 1. The molecule has 1 heterocycles. The molecule has 1 saturated heterocycles. The van der Waals surface area contributed by atoms with Gasteiger partial charge in [-0.1, -0.05) is 49.8 Å². The lowest BCUT2D eigenvalue weighted by atomic mass is 9.89. The van der Waals surface area contributed by atoms with Crippen LogP contribution in [0, 0.1) is 17.7 Å². The molecule has 2 amide bonds. The third kappa shape index (κ3) is 8.36. The smallest absolute Gasteiger partial charge is 0.241 e. The van der Waals surface area contributed by atoms with Gasteiger partial charge in [-0.2, -0.15) is 0 Å². The van der Waals surface area contributed by atoms with E-state index in [4.69, 9.17) is 17.3 Å². The normalized spacial score (nSPS) is 29.1. The second-order valence-electron chi connectivity index (χ2n) is 12.2. The molecule has 0 spiro atoms. The number of hydrogen-bond donors (Lipinski definition) is 4. The standard InChI is InChI=1S/C30H44ClFN4O4/c1-6-20(28(39)34-22-9-7-19(2)15-30(5,40)12-11-22)13-26(37)24(33)16-35-17-27(38)36(18-29(35,3)4)25-14-21(32)8-10-23(25)31/h7-12,14,19-20,22,24,26,37,40H,6,13,15-18,33H2,1-5H3,(H,34,39)/b9-7+,12-11+/t19?,20-,22?,24+,26+,30?/m1/s1. The van der Waals surface area contributed by atoms with Crippen molar-refractivity contribution in [2.45, 2.75) is 83.2 Å². The fourth-order valence-corrected chi connectivity index (χ4v) is 5.63. The van der Waals surface area contributed by atoms with Crippen LogP contribution in [-0.4, -0.2) is 75.9 Å². The molecule has 0 bridgehead atoms. The van der Waals surface area contributed by atoms with Gasteiger partial charge >= 0.3 is 0 Å². The Morgan fingerprint density at radius 2 is 1.98 bits per heavy atom. The van der Waals surface area contributed by atoms with Gasteiger partial charge in [-0.15, -0.1) is 0 Å². The molecule has 2 aliphatic rings. The van der Waals surface area contributed by atoms with Crippen molar-refractivity contribution < 1.29 is 24.2 Å². The van der Waals surface area contributed by atoms with E-state index in [-0.39, 0.29) is 49.8 Å². The zero-order chi connectivity index (χ0) is 29.8. The van der Waals surface area contributed by atoms with Crippen molar-refractivity contribution in [3.63, 3.8) is 0 Å². The highest BCUT2D eigenvalue weighted by Gasteiger charge is 2.40. The summed E-state index contributed by atoms with van der Waals surface area (Å²) < 4.78 is 13.9. The number of nitrogens with one attached hydrogen (secondary N) is 1. The zero-order valence-corrected chi connectivity index (χ0v) is 24.9. The highest BCUT2D eigenvalue weighted by Crippen LogP contribution is 2.32. The Labute approximate surface area is 242 Å². The van der Waals surface area contributed by atoms with Gasteiger partial charge in [0.2, 0.25) is 11.8 Å². The number of aliphatic hydroxyl groups is 2. The van der Waals surface area contributed by atoms with E-state index >= 15 is 0 Å². The molecule has 8 nitrogen and oxygen atoms in total. The van der Waals surface area contributed by atoms with Crippen LogP contribution in [-0.2, 0) is 9.59 Å². The Balaban J connectivity index is 1.61. The minimum absolute atomic E-state index is 0.0283. The molecule has 1 aliphatic carbocycles. The molecule has 0 aromatic heterocycles. The molecular formula is C30H44ClFN4O4. The first-order valence-corrected chi connectivity index (χ1v) is 14.3. The quantitative estimate of drug-likeness (QED) is 0.334. The van der Waals surface area contributed by atoms with Crippen molar-refractivity contribution >= 4 is 29.1 Å². The van der Waals surface area contributed by atoms with Gasteiger partial charge in [0, 0.05) is 30.6 Å². The largest absolute Gasteiger partial charge is 0.391 e. The third-order valence-electron chi connectivity index (χ3n) is 7.90. The molecule has 222 valence electrons. The number of nitrogens with zero attached hydrogens (tertiary/aromatic N) is 2. The summed E-state index contributed by atoms with van der Waals surface area (Å²) in [5.41, 5.74) is 5.25. The number of allylic oxidation sites excluding steroid dienone is 1. The summed E-state index contributed by atoms with van der Waals surface area (Å²) in [6, 6.07) is 2.87. The lowest BCUT2D eigenvalue weighted by molar-refractivity contribution is -0.126. The molecular weight excluding hydrogens is 535 g/mol. The lowest BCUT2D eigenvalue weighted by Crippen LogP contribution is -2.64. The van der Waals surface area contributed by atoms with Gasteiger partial charge in [0.25, 0.3) is 0 Å². The van der Waals surface area contributed by atoms with E-state index in [1.165, 1.54) is 23.1 Å². The summed E-state index contributed by atoms with van der Waals surface area (Å²) in [5, 5.41) is 24.8. The van der Waals surface area contributed by atoms with Crippen LogP contribution in [0.4, 0.5) is 10.1 Å². The van der Waals surface area contributed by atoms with E-state index in [1.807, 2.05) is 44.7 Å². The average molecular weight is 579 g/mol. The fraction of sp³-hybridized carbons (Fsp3) is 0.600. The predicted octanol–water partition coefficient (Wildman–Crippen LogP) is 3.40. The highest BCUT2D eigenvalue weighted by molar-refractivity contribution is 6.33. The van der Waals surface area contributed by atoms with E-state index in [1.54, 1.807) is 19.1 Å². The Hall–Kier alpha value is -2.30. The Morgan fingerprint density at radius 1 is 1.27 bits per heavy atom. The average Bonchev–Trinajstić information content (AvgIpc) is 2.86. The van der Waals surface area contributed by atoms with Crippen LogP contribution >= 0.6 is 11.6 Å². The summed E-state index contributed by atoms with van der Waals surface area (Å²) in [6.45, 7) is 10.1. The summed E-state index contributed by atoms with van der Waals surface area (Å²) in [6.07, 6.45) is 7.71. The highest BCUT2D eigenvalue weighted by atomic mass is 35.5. The molecule has 1 aromatic rings. The number of halogens is 2. The first kappa shape index (κ1) is 32.2. The van der Waals surface area contributed by atoms with Crippen molar-refractivity contribution in [1.82, 2.24) is 10.2 Å². The Bertz CT molecular complexity index is 1120. The Morgan fingerprint density at radius 3 is 2.65 bits per heavy atom. The van der Waals surface area contributed by atoms with Gasteiger partial charge in [-0.3, -0.25) is 14.5 Å². The summed E-state index contributed by atoms with van der Waals surface area (Å²) >= 11 is 6.26. The van der Waals surface area contributed by atoms with Gasteiger partial charge in [0.05, 0.1) is 35.0 Å². The van der Waals surface area contributed by atoms with Crippen LogP contribution in [0.1, 0.15) is 53.9 Å². The van der Waals surface area contributed by atoms with Crippen LogP contribution in [0.2, 0.25) is 5.02 Å². The summed E-state index contributed by atoms with van der Waals surface area (Å²) in [4.78, 5) is 29.5. The Kier molecular flexibility index (Phi) is 10.6. The van der Waals surface area contributed by atoms with Crippen LogP contribution < -0.4 is 16.0 Å². The van der Waals surface area contributed by atoms with Crippen molar-refractivity contribution in [2.75, 3.05) is 24.5 Å². The second-order valence-corrected chi connectivity index (χ2v) is 12.6. The molecule has 1 fully saturated rings. The lowest BCUT2D eigenvalue weighted by Gasteiger charge is -2.47. The fourth-order valence-electron chi connectivity index (χ4n) is 5.41. The zero-order valence-electron chi connectivity index (χ0n) is 24.1. The van der Waals surface area contributed by atoms with Crippen molar-refractivity contribution in [2.24, 2.45) is 17.6 Å². The molecule has 6 atom stereocenters. The molecule has 10 heteroatoms. The topological polar surface area (TPSA) is 119 Å². The maximum atomic E-state index is 13.9. The summed E-state index contributed by atoms with van der Waals surface area (Å²) in [5.74, 6) is -1.22. The molecule has 1 aliphatic heterocycles.